The molecule has 2 amide bonds. The van der Waals surface area contributed by atoms with Crippen molar-refractivity contribution < 1.29 is 28.6 Å². The smallest absolute Gasteiger partial charge is 0.325 e. The minimum absolute atomic E-state index is 0.217. The molecule has 0 saturated heterocycles. The fourth-order valence-electron chi connectivity index (χ4n) is 2.44. The van der Waals surface area contributed by atoms with Crippen molar-refractivity contribution in [2.45, 2.75) is 0 Å². The number of benzene rings is 2. The summed E-state index contributed by atoms with van der Waals surface area (Å²) in [6, 6.07) is 11.6. The molecular formula is C23H24N2O6. The van der Waals surface area contributed by atoms with Crippen molar-refractivity contribution >= 4 is 29.5 Å². The Morgan fingerprint density at radius 1 is 1.03 bits per heavy atom. The van der Waals surface area contributed by atoms with Crippen molar-refractivity contribution in [1.82, 2.24) is 5.32 Å². The van der Waals surface area contributed by atoms with Crippen molar-refractivity contribution in [3.63, 3.8) is 0 Å². The zero-order valence-corrected chi connectivity index (χ0v) is 17.3. The Morgan fingerprint density at radius 3 is 2.42 bits per heavy atom. The summed E-state index contributed by atoms with van der Waals surface area (Å²) in [5, 5.41) is 5.14. The summed E-state index contributed by atoms with van der Waals surface area (Å²) < 4.78 is 15.3. The van der Waals surface area contributed by atoms with Crippen LogP contribution < -0.4 is 20.1 Å². The first-order chi connectivity index (χ1) is 15.0. The van der Waals surface area contributed by atoms with Crippen LogP contribution in [-0.2, 0) is 14.3 Å². The molecule has 2 N–H and O–H groups in total. The molecule has 2 aromatic rings. The van der Waals surface area contributed by atoms with Crippen LogP contribution in [0.1, 0.15) is 15.9 Å². The highest BCUT2D eigenvalue weighted by Gasteiger charge is 2.08. The summed E-state index contributed by atoms with van der Waals surface area (Å²) >= 11 is 0. The number of anilines is 1. The third kappa shape index (κ3) is 7.36. The monoisotopic (exact) mass is 424 g/mol. The molecule has 0 spiro atoms. The van der Waals surface area contributed by atoms with Gasteiger partial charge in [-0.3, -0.25) is 14.4 Å². The SMILES string of the molecule is C=CCOc1ccc(/C=C/C(=O)Nc2ccc(C(=O)NCC(=O)OC)cc2)cc1OC. The maximum absolute atomic E-state index is 12.2. The average Bonchev–Trinajstić information content (AvgIpc) is 2.80. The number of hydrogen-bond donors (Lipinski definition) is 2. The summed E-state index contributed by atoms with van der Waals surface area (Å²) in [6.07, 6.45) is 4.67. The minimum atomic E-state index is -0.541. The molecule has 8 heteroatoms. The number of methoxy groups -OCH3 is 2. The number of amides is 2. The molecule has 0 unspecified atom stereocenters. The van der Waals surface area contributed by atoms with Gasteiger partial charge in [-0.25, -0.2) is 0 Å². The van der Waals surface area contributed by atoms with E-state index in [-0.39, 0.29) is 12.5 Å². The third-order valence-corrected chi connectivity index (χ3v) is 4.01. The van der Waals surface area contributed by atoms with Crippen LogP contribution in [0.25, 0.3) is 6.08 Å². The number of ether oxygens (including phenoxy) is 3. The van der Waals surface area contributed by atoms with Gasteiger partial charge in [0.2, 0.25) is 5.91 Å². The van der Waals surface area contributed by atoms with Gasteiger partial charge in [0.1, 0.15) is 13.2 Å². The number of carbonyl (C=O) groups is 3. The summed E-state index contributed by atoms with van der Waals surface area (Å²) in [5.74, 6) is -0.169. The molecule has 0 saturated carbocycles. The highest BCUT2D eigenvalue weighted by atomic mass is 16.5. The molecular weight excluding hydrogens is 400 g/mol. The Balaban J connectivity index is 1.94. The molecule has 162 valence electrons. The van der Waals surface area contributed by atoms with Crippen molar-refractivity contribution in [3.8, 4) is 11.5 Å². The van der Waals surface area contributed by atoms with Crippen molar-refractivity contribution in [3.05, 3.63) is 72.3 Å². The van der Waals surface area contributed by atoms with E-state index in [1.165, 1.54) is 20.3 Å². The predicted octanol–water partition coefficient (Wildman–Crippen LogP) is 2.81. The molecule has 0 bridgehead atoms. The summed E-state index contributed by atoms with van der Waals surface area (Å²) in [4.78, 5) is 35.2. The molecule has 2 aromatic carbocycles. The molecule has 0 fully saturated rings. The predicted molar refractivity (Wildman–Crippen MR) is 117 cm³/mol. The van der Waals surface area contributed by atoms with Gasteiger partial charge in [0.15, 0.2) is 11.5 Å². The van der Waals surface area contributed by atoms with Crippen LogP contribution in [0, 0.1) is 0 Å². The van der Waals surface area contributed by atoms with Crippen molar-refractivity contribution in [2.24, 2.45) is 0 Å². The molecule has 8 nitrogen and oxygen atoms in total. The van der Waals surface area contributed by atoms with Gasteiger partial charge < -0.3 is 24.8 Å². The number of carbonyl (C=O) groups excluding carboxylic acids is 3. The topological polar surface area (TPSA) is 103 Å². The maximum atomic E-state index is 12.2. The first-order valence-electron chi connectivity index (χ1n) is 9.32. The van der Waals surface area contributed by atoms with Gasteiger partial charge in [0, 0.05) is 17.3 Å². The fourth-order valence-corrected chi connectivity index (χ4v) is 2.44. The van der Waals surface area contributed by atoms with Crippen LogP contribution in [-0.4, -0.2) is 45.2 Å². The van der Waals surface area contributed by atoms with E-state index in [1.54, 1.807) is 54.6 Å². The van der Waals surface area contributed by atoms with Crippen LogP contribution in [0.5, 0.6) is 11.5 Å². The third-order valence-electron chi connectivity index (χ3n) is 4.01. The van der Waals surface area contributed by atoms with Crippen LogP contribution in [0.15, 0.2) is 61.2 Å². The quantitative estimate of drug-likeness (QED) is 0.345. The molecule has 2 rings (SSSR count). The lowest BCUT2D eigenvalue weighted by atomic mass is 10.1. The highest BCUT2D eigenvalue weighted by molar-refractivity contribution is 6.02. The zero-order chi connectivity index (χ0) is 22.6. The van der Waals surface area contributed by atoms with E-state index in [1.807, 2.05) is 0 Å². The van der Waals surface area contributed by atoms with E-state index in [0.29, 0.717) is 29.4 Å². The van der Waals surface area contributed by atoms with Gasteiger partial charge in [-0.15, -0.1) is 0 Å². The molecule has 0 atom stereocenters. The average molecular weight is 424 g/mol. The minimum Gasteiger partial charge on any atom is -0.493 e. The second-order valence-electron chi connectivity index (χ2n) is 6.17. The lowest BCUT2D eigenvalue weighted by Crippen LogP contribution is -2.30. The van der Waals surface area contributed by atoms with Gasteiger partial charge in [-0.1, -0.05) is 18.7 Å². The maximum Gasteiger partial charge on any atom is 0.325 e. The summed E-state index contributed by atoms with van der Waals surface area (Å²) in [6.45, 7) is 3.75. The van der Waals surface area contributed by atoms with Crippen LogP contribution in [0.3, 0.4) is 0 Å². The van der Waals surface area contributed by atoms with Gasteiger partial charge >= 0.3 is 5.97 Å². The van der Waals surface area contributed by atoms with Crippen molar-refractivity contribution in [1.29, 1.82) is 0 Å². The van der Waals surface area contributed by atoms with Gasteiger partial charge in [0.05, 0.1) is 14.2 Å². The zero-order valence-electron chi connectivity index (χ0n) is 17.3. The van der Waals surface area contributed by atoms with Gasteiger partial charge in [-0.2, -0.15) is 0 Å². The Kier molecular flexibility index (Phi) is 8.85. The van der Waals surface area contributed by atoms with Gasteiger partial charge in [0.25, 0.3) is 5.91 Å². The van der Waals surface area contributed by atoms with E-state index >= 15 is 0 Å². The Bertz CT molecular complexity index is 967. The molecule has 31 heavy (non-hydrogen) atoms. The number of rotatable bonds is 10. The Labute approximate surface area is 180 Å². The second kappa shape index (κ2) is 11.8. The van der Waals surface area contributed by atoms with E-state index < -0.39 is 11.9 Å². The summed E-state index contributed by atoms with van der Waals surface area (Å²) in [5.41, 5.74) is 1.63. The Morgan fingerprint density at radius 2 is 1.77 bits per heavy atom. The largest absolute Gasteiger partial charge is 0.493 e. The Hall–Kier alpha value is -4.07. The molecule has 0 aliphatic heterocycles. The molecule has 0 aliphatic carbocycles. The summed E-state index contributed by atoms with van der Waals surface area (Å²) in [7, 11) is 2.78. The number of nitrogens with one attached hydrogen (secondary N) is 2. The number of hydrogen-bond acceptors (Lipinski definition) is 6. The lowest BCUT2D eigenvalue weighted by molar-refractivity contribution is -0.139. The molecule has 0 aromatic heterocycles. The van der Waals surface area contributed by atoms with Crippen LogP contribution in [0.2, 0.25) is 0 Å². The standard InChI is InChI=1S/C23H24N2O6/c1-4-13-31-19-11-5-16(14-20(19)29-2)6-12-21(26)25-18-9-7-17(8-10-18)23(28)24-15-22(27)30-3/h4-12,14H,1,13,15H2,2-3H3,(H,24,28)(H,25,26)/b12-6+. The first-order valence-corrected chi connectivity index (χ1v) is 9.32. The molecule has 0 radical (unpaired) electrons. The van der Waals surface area contributed by atoms with Crippen molar-refractivity contribution in [2.75, 3.05) is 32.7 Å². The van der Waals surface area contributed by atoms with E-state index in [4.69, 9.17) is 9.47 Å². The lowest BCUT2D eigenvalue weighted by Gasteiger charge is -2.09. The first kappa shape index (κ1) is 23.2. The molecule has 0 aliphatic rings. The van der Waals surface area contributed by atoms with Gasteiger partial charge in [-0.05, 0) is 48.0 Å². The second-order valence-corrected chi connectivity index (χ2v) is 6.17. The van der Waals surface area contributed by atoms with E-state index in [2.05, 4.69) is 21.9 Å². The normalized spacial score (nSPS) is 10.3. The van der Waals surface area contributed by atoms with E-state index in [9.17, 15) is 14.4 Å². The number of esters is 1. The van der Waals surface area contributed by atoms with Crippen LogP contribution >= 0.6 is 0 Å². The molecule has 0 heterocycles. The fraction of sp³-hybridized carbons (Fsp3) is 0.174. The highest BCUT2D eigenvalue weighted by Crippen LogP contribution is 2.28. The van der Waals surface area contributed by atoms with Crippen LogP contribution in [0.4, 0.5) is 5.69 Å². The van der Waals surface area contributed by atoms with E-state index in [0.717, 1.165) is 5.56 Å².